The van der Waals surface area contributed by atoms with Crippen LogP contribution in [0.15, 0.2) is 36.4 Å². The summed E-state index contributed by atoms with van der Waals surface area (Å²) in [4.78, 5) is 2.45. The first-order valence-electron chi connectivity index (χ1n) is 8.52. The molecule has 0 aromatic heterocycles. The van der Waals surface area contributed by atoms with Crippen molar-refractivity contribution in [3.8, 4) is 5.75 Å². The number of benzene rings is 2. The molecule has 0 aliphatic carbocycles. The molecule has 4 nitrogen and oxygen atoms in total. The maximum atomic E-state index is 5.83. The summed E-state index contributed by atoms with van der Waals surface area (Å²) in [6.07, 6.45) is 0. The van der Waals surface area contributed by atoms with Crippen LogP contribution in [-0.4, -0.2) is 50.9 Å². The smallest absolute Gasteiger partial charge is 0.124 e. The first kappa shape index (κ1) is 19.0. The molecule has 1 N–H and O–H groups in total. The monoisotopic (exact) mass is 349 g/mol. The largest absolute Gasteiger partial charge is 1.00 e. The molecule has 0 saturated carbocycles. The number of halogens is 1. The Hall–Kier alpha value is -1.33. The zero-order valence-corrected chi connectivity index (χ0v) is 15.0. The van der Waals surface area contributed by atoms with E-state index in [4.69, 9.17) is 9.47 Å². The van der Waals surface area contributed by atoms with Crippen LogP contribution in [0, 0.1) is 0 Å². The minimum absolute atomic E-state index is 0. The lowest BCUT2D eigenvalue weighted by Gasteiger charge is -2.26. The highest BCUT2D eigenvalue weighted by Crippen LogP contribution is 2.28. The highest BCUT2D eigenvalue weighted by Gasteiger charge is 2.11. The van der Waals surface area contributed by atoms with Gasteiger partial charge in [0.25, 0.3) is 0 Å². The fourth-order valence-corrected chi connectivity index (χ4v) is 3.06. The second kappa shape index (κ2) is 9.84. The Morgan fingerprint density at radius 3 is 2.71 bits per heavy atom. The standard InChI is InChI=1S/C19H26N2O2.ClH/c1-2-23-19-8-7-16-5-3-4-6-17(16)18(19)15-20-9-10-21-11-13-22-14-12-21;/h3-8,20H,2,9-15H2,1H3;1H/p-1. The van der Waals surface area contributed by atoms with E-state index in [1.165, 1.54) is 16.3 Å². The number of hydrogen-bond acceptors (Lipinski definition) is 4. The molecule has 1 heterocycles. The first-order valence-corrected chi connectivity index (χ1v) is 8.52. The summed E-state index contributed by atoms with van der Waals surface area (Å²) in [5.74, 6) is 0.991. The van der Waals surface area contributed by atoms with Gasteiger partial charge in [0.15, 0.2) is 0 Å². The number of morpholine rings is 1. The van der Waals surface area contributed by atoms with Crippen LogP contribution < -0.4 is 22.5 Å². The van der Waals surface area contributed by atoms with Crippen LogP contribution in [0.5, 0.6) is 5.75 Å². The quantitative estimate of drug-likeness (QED) is 0.694. The summed E-state index contributed by atoms with van der Waals surface area (Å²) >= 11 is 0. The number of fused-ring (bicyclic) bond motifs is 1. The summed E-state index contributed by atoms with van der Waals surface area (Å²) < 4.78 is 11.2. The van der Waals surface area contributed by atoms with Gasteiger partial charge in [-0.1, -0.05) is 30.3 Å². The topological polar surface area (TPSA) is 33.7 Å². The van der Waals surface area contributed by atoms with Crippen LogP contribution in [0.4, 0.5) is 0 Å². The lowest BCUT2D eigenvalue weighted by molar-refractivity contribution is -0.00000682. The lowest BCUT2D eigenvalue weighted by Crippen LogP contribution is -3.00. The molecular formula is C19H26ClN2O2-. The predicted molar refractivity (Wildman–Crippen MR) is 94.1 cm³/mol. The van der Waals surface area contributed by atoms with Crippen molar-refractivity contribution < 1.29 is 21.9 Å². The maximum absolute atomic E-state index is 5.83. The Labute approximate surface area is 150 Å². The van der Waals surface area contributed by atoms with E-state index < -0.39 is 0 Å². The molecule has 3 rings (SSSR count). The van der Waals surface area contributed by atoms with Gasteiger partial charge >= 0.3 is 0 Å². The molecular weight excluding hydrogens is 324 g/mol. The van der Waals surface area contributed by atoms with Crippen LogP contribution in [0.25, 0.3) is 10.8 Å². The first-order chi connectivity index (χ1) is 11.4. The van der Waals surface area contributed by atoms with E-state index in [2.05, 4.69) is 46.6 Å². The van der Waals surface area contributed by atoms with E-state index in [9.17, 15) is 0 Å². The second-order valence-corrected chi connectivity index (χ2v) is 5.83. The van der Waals surface area contributed by atoms with Gasteiger partial charge in [-0.25, -0.2) is 0 Å². The third-order valence-corrected chi connectivity index (χ3v) is 4.31. The van der Waals surface area contributed by atoms with Gasteiger partial charge in [0, 0.05) is 38.3 Å². The van der Waals surface area contributed by atoms with Crippen molar-refractivity contribution in [2.45, 2.75) is 13.5 Å². The van der Waals surface area contributed by atoms with Gasteiger partial charge in [-0.3, -0.25) is 4.90 Å². The molecule has 1 aliphatic rings. The van der Waals surface area contributed by atoms with Crippen molar-refractivity contribution in [1.82, 2.24) is 10.2 Å². The molecule has 1 aliphatic heterocycles. The van der Waals surface area contributed by atoms with Gasteiger partial charge in [-0.05, 0) is 23.8 Å². The molecule has 2 aromatic carbocycles. The van der Waals surface area contributed by atoms with E-state index in [0.29, 0.717) is 6.61 Å². The molecule has 0 bridgehead atoms. The zero-order valence-electron chi connectivity index (χ0n) is 14.3. The van der Waals surface area contributed by atoms with Gasteiger partial charge in [-0.2, -0.15) is 0 Å². The van der Waals surface area contributed by atoms with Crippen molar-refractivity contribution >= 4 is 10.8 Å². The van der Waals surface area contributed by atoms with Crippen molar-refractivity contribution in [3.63, 3.8) is 0 Å². The van der Waals surface area contributed by atoms with E-state index >= 15 is 0 Å². The number of nitrogens with one attached hydrogen (secondary N) is 1. The molecule has 24 heavy (non-hydrogen) atoms. The van der Waals surface area contributed by atoms with Gasteiger partial charge in [0.05, 0.1) is 19.8 Å². The fraction of sp³-hybridized carbons (Fsp3) is 0.474. The molecule has 0 radical (unpaired) electrons. The van der Waals surface area contributed by atoms with Crippen LogP contribution in [0.2, 0.25) is 0 Å². The summed E-state index contributed by atoms with van der Waals surface area (Å²) in [5, 5.41) is 6.12. The van der Waals surface area contributed by atoms with Crippen LogP contribution in [0.1, 0.15) is 12.5 Å². The maximum Gasteiger partial charge on any atom is 0.124 e. The highest BCUT2D eigenvalue weighted by molar-refractivity contribution is 5.87. The van der Waals surface area contributed by atoms with Crippen LogP contribution >= 0.6 is 0 Å². The van der Waals surface area contributed by atoms with Crippen LogP contribution in [-0.2, 0) is 11.3 Å². The average molecular weight is 350 g/mol. The number of nitrogens with zero attached hydrogens (tertiary/aromatic N) is 1. The molecule has 0 atom stereocenters. The molecule has 0 amide bonds. The summed E-state index contributed by atoms with van der Waals surface area (Å²) in [7, 11) is 0. The van der Waals surface area contributed by atoms with Crippen molar-refractivity contribution in [1.29, 1.82) is 0 Å². The molecule has 0 spiro atoms. The fourth-order valence-electron chi connectivity index (χ4n) is 3.06. The van der Waals surface area contributed by atoms with Gasteiger partial charge < -0.3 is 27.2 Å². The molecule has 5 heteroatoms. The van der Waals surface area contributed by atoms with Gasteiger partial charge in [0.1, 0.15) is 5.75 Å². The third-order valence-electron chi connectivity index (χ3n) is 4.31. The lowest BCUT2D eigenvalue weighted by atomic mass is 10.0. The Kier molecular flexibility index (Phi) is 7.79. The van der Waals surface area contributed by atoms with Gasteiger partial charge in [0.2, 0.25) is 0 Å². The molecule has 0 unspecified atom stereocenters. The zero-order chi connectivity index (χ0) is 15.9. The summed E-state index contributed by atoms with van der Waals surface area (Å²) in [5.41, 5.74) is 1.26. The molecule has 1 saturated heterocycles. The molecule has 2 aromatic rings. The third kappa shape index (κ3) is 4.84. The van der Waals surface area contributed by atoms with Crippen molar-refractivity contribution in [3.05, 3.63) is 42.0 Å². The normalized spacial score (nSPS) is 15.2. The van der Waals surface area contributed by atoms with E-state index in [-0.39, 0.29) is 12.4 Å². The average Bonchev–Trinajstić information content (AvgIpc) is 2.61. The second-order valence-electron chi connectivity index (χ2n) is 5.83. The molecule has 1 fully saturated rings. The highest BCUT2D eigenvalue weighted by atomic mass is 35.5. The van der Waals surface area contributed by atoms with E-state index in [1.54, 1.807) is 0 Å². The Morgan fingerprint density at radius 1 is 1.12 bits per heavy atom. The van der Waals surface area contributed by atoms with Crippen molar-refractivity contribution in [2.24, 2.45) is 0 Å². The number of rotatable bonds is 7. The minimum atomic E-state index is 0. The van der Waals surface area contributed by atoms with Crippen LogP contribution in [0.3, 0.4) is 0 Å². The number of ether oxygens (including phenoxy) is 2. The summed E-state index contributed by atoms with van der Waals surface area (Å²) in [6, 6.07) is 12.7. The summed E-state index contributed by atoms with van der Waals surface area (Å²) in [6.45, 7) is 9.41. The predicted octanol–water partition coefficient (Wildman–Crippen LogP) is -0.336. The van der Waals surface area contributed by atoms with E-state index in [0.717, 1.165) is 51.7 Å². The minimum Gasteiger partial charge on any atom is -1.00 e. The SMILES string of the molecule is CCOc1ccc2ccccc2c1CNCCN1CCOCC1.[Cl-]. The Bertz CT molecular complexity index is 630. The molecule has 132 valence electrons. The van der Waals surface area contributed by atoms with Gasteiger partial charge in [-0.15, -0.1) is 0 Å². The number of hydrogen-bond donors (Lipinski definition) is 1. The Morgan fingerprint density at radius 2 is 1.92 bits per heavy atom. The Balaban J connectivity index is 0.00000208. The van der Waals surface area contributed by atoms with Crippen molar-refractivity contribution in [2.75, 3.05) is 46.0 Å². The van der Waals surface area contributed by atoms with E-state index in [1.807, 2.05) is 6.92 Å².